The first kappa shape index (κ1) is 43.8. The van der Waals surface area contributed by atoms with Gasteiger partial charge in [-0.1, -0.05) is 174 Å². The third-order valence-corrected chi connectivity index (χ3v) is 11.4. The first-order valence-electron chi connectivity index (χ1n) is 20.9. The van der Waals surface area contributed by atoms with Crippen LogP contribution in [0.25, 0.3) is 61.6 Å². The predicted octanol–water partition coefficient (Wildman–Crippen LogP) is 14.7. The molecular formula is C54H60N3OPt-. The van der Waals surface area contributed by atoms with Gasteiger partial charge in [-0.2, -0.15) is 0 Å². The number of fused-ring (bicyclic) bond motifs is 1. The molecule has 0 saturated carbocycles. The molecule has 5 aromatic carbocycles. The first-order valence-corrected chi connectivity index (χ1v) is 20.9. The van der Waals surface area contributed by atoms with E-state index in [1.165, 1.54) is 27.8 Å². The molecule has 0 radical (unpaired) electrons. The first-order chi connectivity index (χ1) is 27.3. The molecule has 2 heterocycles. The van der Waals surface area contributed by atoms with Gasteiger partial charge in [-0.3, -0.25) is 9.55 Å². The SMILES string of the molecule is CC(C)c1cccc(C(C)C)c1-n1c(-c2ccccc2O)nc2c(-c3[c-]c(-c4cc(-c5ccccc5)ccn4)c(C(C)(C)C)cc3C(C)(C)C)cc(C(C)(C)C)cc21.[Pt]. The van der Waals surface area contributed by atoms with Crippen molar-refractivity contribution in [2.24, 2.45) is 0 Å². The van der Waals surface area contributed by atoms with Crippen LogP contribution in [0.5, 0.6) is 5.75 Å². The molecule has 0 spiro atoms. The molecule has 0 bridgehead atoms. The van der Waals surface area contributed by atoms with E-state index in [9.17, 15) is 5.11 Å². The number of nitrogens with zero attached hydrogens (tertiary/aromatic N) is 3. The van der Waals surface area contributed by atoms with E-state index in [1.54, 1.807) is 6.07 Å². The fourth-order valence-corrected chi connectivity index (χ4v) is 8.16. The molecule has 0 atom stereocenters. The molecule has 0 aliphatic rings. The van der Waals surface area contributed by atoms with Gasteiger partial charge >= 0.3 is 0 Å². The van der Waals surface area contributed by atoms with Crippen molar-refractivity contribution in [2.45, 2.75) is 118 Å². The molecule has 5 heteroatoms. The van der Waals surface area contributed by atoms with Gasteiger partial charge in [0.2, 0.25) is 0 Å². The second kappa shape index (κ2) is 16.3. The van der Waals surface area contributed by atoms with E-state index in [2.05, 4.69) is 180 Å². The van der Waals surface area contributed by atoms with E-state index in [0.717, 1.165) is 56.1 Å². The molecule has 7 rings (SSSR count). The van der Waals surface area contributed by atoms with Crippen LogP contribution in [0.15, 0.2) is 109 Å². The molecule has 0 aliphatic heterocycles. The number of aromatic nitrogens is 3. The van der Waals surface area contributed by atoms with Crippen LogP contribution in [-0.4, -0.2) is 19.6 Å². The Labute approximate surface area is 367 Å². The van der Waals surface area contributed by atoms with Crippen molar-refractivity contribution in [3.05, 3.63) is 143 Å². The van der Waals surface area contributed by atoms with Gasteiger partial charge < -0.3 is 5.11 Å². The van der Waals surface area contributed by atoms with E-state index in [-0.39, 0.29) is 54.9 Å². The average molecular weight is 962 g/mol. The number of aromatic hydroxyl groups is 1. The van der Waals surface area contributed by atoms with Gasteiger partial charge in [0, 0.05) is 33.0 Å². The van der Waals surface area contributed by atoms with Crippen molar-refractivity contribution in [3.8, 4) is 56.3 Å². The molecule has 0 fully saturated rings. The average Bonchev–Trinajstić information content (AvgIpc) is 3.55. The van der Waals surface area contributed by atoms with Gasteiger partial charge in [-0.25, -0.2) is 4.98 Å². The second-order valence-electron chi connectivity index (χ2n) is 19.7. The minimum absolute atomic E-state index is 0. The number of hydrogen-bond acceptors (Lipinski definition) is 3. The van der Waals surface area contributed by atoms with Crippen molar-refractivity contribution in [3.63, 3.8) is 0 Å². The van der Waals surface area contributed by atoms with Crippen LogP contribution >= 0.6 is 0 Å². The zero-order valence-corrected chi connectivity index (χ0v) is 39.4. The number of benzene rings is 5. The van der Waals surface area contributed by atoms with Crippen LogP contribution in [0.1, 0.15) is 130 Å². The third-order valence-electron chi connectivity index (χ3n) is 11.4. The summed E-state index contributed by atoms with van der Waals surface area (Å²) in [4.78, 5) is 10.7. The van der Waals surface area contributed by atoms with Crippen molar-refractivity contribution >= 4 is 11.0 Å². The Bertz CT molecular complexity index is 2600. The van der Waals surface area contributed by atoms with E-state index in [1.807, 2.05) is 24.4 Å². The smallest absolute Gasteiger partial charge is 0.148 e. The maximum Gasteiger partial charge on any atom is 0.148 e. The number of hydrogen-bond donors (Lipinski definition) is 1. The zero-order valence-electron chi connectivity index (χ0n) is 37.2. The summed E-state index contributed by atoms with van der Waals surface area (Å²) in [5.74, 6) is 1.42. The maximum atomic E-state index is 11.5. The molecule has 0 unspecified atom stereocenters. The number of para-hydroxylation sites is 2. The molecule has 308 valence electrons. The van der Waals surface area contributed by atoms with Gasteiger partial charge in [0.05, 0.1) is 22.3 Å². The Kier molecular flexibility index (Phi) is 12.1. The molecule has 0 saturated heterocycles. The summed E-state index contributed by atoms with van der Waals surface area (Å²) in [6, 6.07) is 40.3. The molecule has 4 nitrogen and oxygen atoms in total. The van der Waals surface area contributed by atoms with Crippen LogP contribution in [0, 0.1) is 6.07 Å². The predicted molar refractivity (Wildman–Crippen MR) is 245 cm³/mol. The molecule has 0 amide bonds. The maximum absolute atomic E-state index is 11.5. The molecular weight excluding hydrogens is 902 g/mol. The minimum atomic E-state index is -0.230. The Hall–Kier alpha value is -4.79. The summed E-state index contributed by atoms with van der Waals surface area (Å²) in [6.07, 6.45) is 1.92. The summed E-state index contributed by atoms with van der Waals surface area (Å²) in [5.41, 5.74) is 15.4. The third kappa shape index (κ3) is 8.49. The van der Waals surface area contributed by atoms with Gasteiger partial charge in [-0.05, 0) is 80.2 Å². The topological polar surface area (TPSA) is 50.9 Å². The fraction of sp³-hybridized carbons (Fsp3) is 0.333. The van der Waals surface area contributed by atoms with Crippen LogP contribution < -0.4 is 0 Å². The summed E-state index contributed by atoms with van der Waals surface area (Å²) in [5, 5.41) is 11.5. The molecule has 1 N–H and O–H groups in total. The van der Waals surface area contributed by atoms with Crippen LogP contribution in [0.4, 0.5) is 0 Å². The van der Waals surface area contributed by atoms with Crippen molar-refractivity contribution in [2.75, 3.05) is 0 Å². The minimum Gasteiger partial charge on any atom is -0.507 e. The monoisotopic (exact) mass is 961 g/mol. The van der Waals surface area contributed by atoms with Crippen LogP contribution in [-0.2, 0) is 37.3 Å². The Morgan fingerprint density at radius 1 is 0.593 bits per heavy atom. The number of pyridine rings is 1. The van der Waals surface area contributed by atoms with Gasteiger partial charge in [0.15, 0.2) is 0 Å². The number of phenolic OH excluding ortho intramolecular Hbond substituents is 1. The molecule has 59 heavy (non-hydrogen) atoms. The normalized spacial score (nSPS) is 12.4. The molecule has 7 aromatic rings. The standard InChI is InChI=1S/C54H60N3O.Pt/c1-33(2)38-23-19-24-39(34(3)4)50(38)57-47-30-37(52(5,6)7)29-42(49(47)56-51(57)40-22-17-18-25-48(40)58)41-31-43(45(54(11,12)13)32-44(41)53(8,9)10)46-28-36(26-27-55-46)35-20-15-14-16-21-35;/h14-30,32-34,58H,1-13H3;/q-1;. The summed E-state index contributed by atoms with van der Waals surface area (Å²) in [6.45, 7) is 29.6. The van der Waals surface area contributed by atoms with E-state index < -0.39 is 0 Å². The van der Waals surface area contributed by atoms with Gasteiger partial charge in [0.25, 0.3) is 0 Å². The van der Waals surface area contributed by atoms with Crippen LogP contribution in [0.2, 0.25) is 0 Å². The molecule has 2 aromatic heterocycles. The Morgan fingerprint density at radius 3 is 1.76 bits per heavy atom. The second-order valence-corrected chi connectivity index (χ2v) is 19.7. The van der Waals surface area contributed by atoms with Gasteiger partial charge in [-0.15, -0.1) is 28.8 Å². The fourth-order valence-electron chi connectivity index (χ4n) is 8.16. The van der Waals surface area contributed by atoms with Crippen LogP contribution in [0.3, 0.4) is 0 Å². The summed E-state index contributed by atoms with van der Waals surface area (Å²) < 4.78 is 2.35. The quantitative estimate of drug-likeness (QED) is 0.162. The summed E-state index contributed by atoms with van der Waals surface area (Å²) in [7, 11) is 0. The van der Waals surface area contributed by atoms with E-state index in [4.69, 9.17) is 9.97 Å². The Balaban J connectivity index is 0.00000585. The zero-order chi connectivity index (χ0) is 41.9. The summed E-state index contributed by atoms with van der Waals surface area (Å²) >= 11 is 0. The number of phenols is 1. The Morgan fingerprint density at radius 2 is 1.19 bits per heavy atom. The largest absolute Gasteiger partial charge is 0.507 e. The number of rotatable bonds is 7. The van der Waals surface area contributed by atoms with Crippen molar-refractivity contribution in [1.29, 1.82) is 0 Å². The van der Waals surface area contributed by atoms with E-state index in [0.29, 0.717) is 5.56 Å². The van der Waals surface area contributed by atoms with Gasteiger partial charge in [0.1, 0.15) is 11.6 Å². The number of imidazole rings is 1. The van der Waals surface area contributed by atoms with E-state index >= 15 is 0 Å². The van der Waals surface area contributed by atoms with Crippen molar-refractivity contribution in [1.82, 2.24) is 14.5 Å². The van der Waals surface area contributed by atoms with Crippen molar-refractivity contribution < 1.29 is 26.2 Å². The molecule has 0 aliphatic carbocycles.